The molecule has 0 saturated carbocycles. The van der Waals surface area contributed by atoms with Crippen molar-refractivity contribution in [2.45, 2.75) is 31.9 Å². The minimum absolute atomic E-state index is 0.0443. The topological polar surface area (TPSA) is 55.3 Å². The number of alkyl halides is 3. The summed E-state index contributed by atoms with van der Waals surface area (Å²) >= 11 is 5.12. The van der Waals surface area contributed by atoms with E-state index in [4.69, 9.17) is 9.72 Å². The maximum Gasteiger partial charge on any atom is 0.422 e. The number of thiazole rings is 1. The first kappa shape index (κ1) is 23.7. The molecule has 0 bridgehead atoms. The molecule has 1 saturated heterocycles. The van der Waals surface area contributed by atoms with E-state index in [1.165, 1.54) is 18.3 Å². The number of hydrogen-bond acceptors (Lipinski definition) is 5. The predicted molar refractivity (Wildman–Crippen MR) is 124 cm³/mol. The third-order valence-electron chi connectivity index (χ3n) is 5.44. The summed E-state index contributed by atoms with van der Waals surface area (Å²) in [4.78, 5) is 24.5. The van der Waals surface area contributed by atoms with Crippen molar-refractivity contribution >= 4 is 33.2 Å². The number of amides is 1. The third-order valence-corrected chi connectivity index (χ3v) is 7.10. The maximum absolute atomic E-state index is 13.0. The maximum atomic E-state index is 13.0. The number of aryl methyl sites for hydroxylation is 1. The molecule has 1 aliphatic heterocycles. The molecule has 33 heavy (non-hydrogen) atoms. The Morgan fingerprint density at radius 1 is 1.21 bits per heavy atom. The van der Waals surface area contributed by atoms with Crippen molar-refractivity contribution in [1.82, 2.24) is 14.9 Å². The van der Waals surface area contributed by atoms with E-state index in [0.717, 1.165) is 38.5 Å². The van der Waals surface area contributed by atoms with Gasteiger partial charge in [0.05, 0.1) is 10.7 Å². The molecule has 1 amide bonds. The summed E-state index contributed by atoms with van der Waals surface area (Å²) < 4.78 is 43.4. The number of likely N-dealkylation sites (tertiary alicyclic amines) is 1. The van der Waals surface area contributed by atoms with Crippen molar-refractivity contribution in [1.29, 1.82) is 0 Å². The number of hydrogen-bond donors (Lipinski definition) is 0. The lowest BCUT2D eigenvalue weighted by Gasteiger charge is -2.31. The summed E-state index contributed by atoms with van der Waals surface area (Å²) in [5.41, 5.74) is 2.08. The van der Waals surface area contributed by atoms with Crippen LogP contribution in [-0.2, 0) is 0 Å². The van der Waals surface area contributed by atoms with Gasteiger partial charge in [0.25, 0.3) is 5.91 Å². The van der Waals surface area contributed by atoms with Gasteiger partial charge in [0, 0.05) is 40.1 Å². The van der Waals surface area contributed by atoms with Crippen LogP contribution in [0.2, 0.25) is 0 Å². The zero-order valence-electron chi connectivity index (χ0n) is 17.7. The quantitative estimate of drug-likeness (QED) is 0.385. The van der Waals surface area contributed by atoms with E-state index in [2.05, 4.69) is 27.8 Å². The molecule has 1 aliphatic rings. The van der Waals surface area contributed by atoms with Gasteiger partial charge in [-0.1, -0.05) is 28.1 Å². The largest absolute Gasteiger partial charge is 0.467 e. The molecule has 174 valence electrons. The van der Waals surface area contributed by atoms with Crippen LogP contribution in [0, 0.1) is 6.92 Å². The van der Waals surface area contributed by atoms with Crippen LogP contribution in [0.5, 0.6) is 5.88 Å². The van der Waals surface area contributed by atoms with Gasteiger partial charge in [-0.3, -0.25) is 4.79 Å². The smallest absolute Gasteiger partial charge is 0.422 e. The Morgan fingerprint density at radius 3 is 2.58 bits per heavy atom. The Labute approximate surface area is 201 Å². The SMILES string of the molecule is Cc1sc(C2CCN(C(=O)c3cccnc3OCC(F)(F)F)CC2)nc1-c1ccc(Br)cc1. The van der Waals surface area contributed by atoms with Crippen LogP contribution in [0.15, 0.2) is 47.1 Å². The van der Waals surface area contributed by atoms with Crippen LogP contribution in [0.25, 0.3) is 11.3 Å². The van der Waals surface area contributed by atoms with Crippen molar-refractivity contribution in [2.24, 2.45) is 0 Å². The lowest BCUT2D eigenvalue weighted by Crippen LogP contribution is -2.38. The van der Waals surface area contributed by atoms with Crippen molar-refractivity contribution < 1.29 is 22.7 Å². The van der Waals surface area contributed by atoms with Gasteiger partial charge in [0.1, 0.15) is 5.56 Å². The Kier molecular flexibility index (Phi) is 7.04. The molecule has 1 fully saturated rings. The molecule has 0 spiro atoms. The molecule has 2 aromatic heterocycles. The van der Waals surface area contributed by atoms with E-state index in [0.29, 0.717) is 13.1 Å². The van der Waals surface area contributed by atoms with Crippen LogP contribution in [0.3, 0.4) is 0 Å². The van der Waals surface area contributed by atoms with Crippen LogP contribution in [0.4, 0.5) is 13.2 Å². The fourth-order valence-corrected chi connectivity index (χ4v) is 5.16. The molecule has 10 heteroatoms. The van der Waals surface area contributed by atoms with Gasteiger partial charge in [-0.2, -0.15) is 13.2 Å². The first-order valence-electron chi connectivity index (χ1n) is 10.4. The Hall–Kier alpha value is -2.46. The molecule has 0 N–H and O–H groups in total. The number of piperidine rings is 1. The summed E-state index contributed by atoms with van der Waals surface area (Å²) in [5, 5.41) is 1.05. The number of halogens is 4. The Morgan fingerprint density at radius 2 is 1.91 bits per heavy atom. The minimum Gasteiger partial charge on any atom is -0.467 e. The summed E-state index contributed by atoms with van der Waals surface area (Å²) in [6, 6.07) is 11.0. The molecular weight excluding hydrogens is 519 g/mol. The fraction of sp³-hybridized carbons (Fsp3) is 0.348. The van der Waals surface area contributed by atoms with Gasteiger partial charge in [-0.05, 0) is 44.0 Å². The van der Waals surface area contributed by atoms with Crippen LogP contribution < -0.4 is 4.74 Å². The van der Waals surface area contributed by atoms with Gasteiger partial charge in [-0.15, -0.1) is 11.3 Å². The second-order valence-corrected chi connectivity index (χ2v) is 9.94. The number of nitrogens with zero attached hydrogens (tertiary/aromatic N) is 3. The van der Waals surface area contributed by atoms with E-state index in [9.17, 15) is 18.0 Å². The summed E-state index contributed by atoms with van der Waals surface area (Å²) in [5.74, 6) is -0.432. The average Bonchev–Trinajstić information content (AvgIpc) is 3.19. The van der Waals surface area contributed by atoms with Crippen molar-refractivity contribution in [3.8, 4) is 17.1 Å². The first-order valence-corrected chi connectivity index (χ1v) is 12.0. The van der Waals surface area contributed by atoms with Crippen LogP contribution >= 0.6 is 27.3 Å². The average molecular weight is 540 g/mol. The minimum atomic E-state index is -4.50. The zero-order chi connectivity index (χ0) is 23.6. The van der Waals surface area contributed by atoms with E-state index in [-0.39, 0.29) is 23.3 Å². The summed E-state index contributed by atoms with van der Waals surface area (Å²) in [6.07, 6.45) is -1.73. The van der Waals surface area contributed by atoms with E-state index in [1.807, 2.05) is 24.3 Å². The van der Waals surface area contributed by atoms with Crippen LogP contribution in [-0.4, -0.2) is 46.6 Å². The van der Waals surface area contributed by atoms with Gasteiger partial charge in [0.2, 0.25) is 5.88 Å². The van der Waals surface area contributed by atoms with Crippen LogP contribution in [0.1, 0.15) is 39.0 Å². The highest BCUT2D eigenvalue weighted by Crippen LogP contribution is 2.36. The normalized spacial score (nSPS) is 15.0. The predicted octanol–water partition coefficient (Wildman–Crippen LogP) is 6.24. The number of pyridine rings is 1. The van der Waals surface area contributed by atoms with Gasteiger partial charge in [0.15, 0.2) is 6.61 Å². The molecule has 3 aromatic rings. The number of carbonyl (C=O) groups excluding carboxylic acids is 1. The summed E-state index contributed by atoms with van der Waals surface area (Å²) in [7, 11) is 0. The highest BCUT2D eigenvalue weighted by atomic mass is 79.9. The molecule has 0 unspecified atom stereocenters. The van der Waals surface area contributed by atoms with Crippen molar-refractivity contribution in [2.75, 3.05) is 19.7 Å². The van der Waals surface area contributed by atoms with E-state index >= 15 is 0 Å². The summed E-state index contributed by atoms with van der Waals surface area (Å²) in [6.45, 7) is 1.55. The lowest BCUT2D eigenvalue weighted by atomic mass is 9.97. The Balaban J connectivity index is 1.42. The van der Waals surface area contributed by atoms with Crippen molar-refractivity contribution in [3.05, 3.63) is 62.5 Å². The third kappa shape index (κ3) is 5.73. The standard InChI is InChI=1S/C23H21BrF3N3O2S/c1-14-19(15-4-6-17(24)7-5-15)29-21(33-14)16-8-11-30(12-9-16)22(31)18-3-2-10-28-20(18)32-13-23(25,26)27/h2-7,10,16H,8-9,11-13H2,1H3. The molecule has 1 aromatic carbocycles. The van der Waals surface area contributed by atoms with E-state index in [1.54, 1.807) is 16.2 Å². The highest BCUT2D eigenvalue weighted by Gasteiger charge is 2.31. The zero-order valence-corrected chi connectivity index (χ0v) is 20.1. The van der Waals surface area contributed by atoms with Gasteiger partial charge in [-0.25, -0.2) is 9.97 Å². The number of rotatable bonds is 5. The second-order valence-electron chi connectivity index (χ2n) is 7.79. The number of benzene rings is 1. The number of ether oxygens (including phenoxy) is 1. The first-order chi connectivity index (χ1) is 15.7. The number of aromatic nitrogens is 2. The van der Waals surface area contributed by atoms with Gasteiger partial charge >= 0.3 is 6.18 Å². The molecular formula is C23H21BrF3N3O2S. The Bertz CT molecular complexity index is 1130. The van der Waals surface area contributed by atoms with Gasteiger partial charge < -0.3 is 9.64 Å². The number of carbonyl (C=O) groups is 1. The van der Waals surface area contributed by atoms with Crippen molar-refractivity contribution in [3.63, 3.8) is 0 Å². The molecule has 3 heterocycles. The molecule has 5 nitrogen and oxygen atoms in total. The molecule has 0 atom stereocenters. The van der Waals surface area contributed by atoms with E-state index < -0.39 is 12.8 Å². The lowest BCUT2D eigenvalue weighted by molar-refractivity contribution is -0.154. The molecule has 0 aliphatic carbocycles. The second kappa shape index (κ2) is 9.80. The molecule has 4 rings (SSSR count). The fourth-order valence-electron chi connectivity index (χ4n) is 3.79. The highest BCUT2D eigenvalue weighted by molar-refractivity contribution is 9.10. The molecule has 0 radical (unpaired) electrons. The monoisotopic (exact) mass is 539 g/mol.